The van der Waals surface area contributed by atoms with Gasteiger partial charge in [-0.3, -0.25) is 4.98 Å². The summed E-state index contributed by atoms with van der Waals surface area (Å²) in [5, 5.41) is 14.2. The molecule has 172 valence electrons. The first-order chi connectivity index (χ1) is 16.0. The van der Waals surface area contributed by atoms with Crippen LogP contribution < -0.4 is 10.2 Å². The molecule has 0 amide bonds. The van der Waals surface area contributed by atoms with Crippen molar-refractivity contribution in [1.82, 2.24) is 15.0 Å². The summed E-state index contributed by atoms with van der Waals surface area (Å²) in [4.78, 5) is 15.8. The smallest absolute Gasteiger partial charge is 0.227 e. The molecule has 1 aliphatic heterocycles. The van der Waals surface area contributed by atoms with Gasteiger partial charge in [0.1, 0.15) is 0 Å². The number of aliphatic hydroxyl groups is 1. The van der Waals surface area contributed by atoms with E-state index in [4.69, 9.17) is 27.9 Å². The Kier molecular flexibility index (Phi) is 6.14. The fourth-order valence-electron chi connectivity index (χ4n) is 4.43. The maximum absolute atomic E-state index is 9.90. The molecule has 9 heteroatoms. The first kappa shape index (κ1) is 22.3. The Hall–Kier alpha value is -2.45. The van der Waals surface area contributed by atoms with Crippen LogP contribution in [-0.4, -0.2) is 53.0 Å². The second kappa shape index (κ2) is 9.06. The number of hydrogen-bond acceptors (Lipinski definition) is 7. The van der Waals surface area contributed by atoms with Gasteiger partial charge < -0.3 is 20.1 Å². The highest BCUT2D eigenvalue weighted by atomic mass is 35.5. The van der Waals surface area contributed by atoms with Crippen molar-refractivity contribution in [3.8, 4) is 11.3 Å². The molecule has 2 aromatic heterocycles. The summed E-state index contributed by atoms with van der Waals surface area (Å²) < 4.78 is 5.42. The van der Waals surface area contributed by atoms with Crippen LogP contribution in [0.4, 0.5) is 17.3 Å². The number of rotatable bonds is 5. The molecule has 1 aromatic carbocycles. The molecule has 1 atom stereocenters. The van der Waals surface area contributed by atoms with Crippen molar-refractivity contribution in [1.29, 1.82) is 0 Å². The van der Waals surface area contributed by atoms with Crippen molar-refractivity contribution in [3.63, 3.8) is 0 Å². The van der Waals surface area contributed by atoms with Gasteiger partial charge in [-0.15, -0.1) is 0 Å². The van der Waals surface area contributed by atoms with Crippen molar-refractivity contribution in [3.05, 3.63) is 58.0 Å². The number of halogens is 2. The lowest BCUT2D eigenvalue weighted by Crippen LogP contribution is -2.36. The van der Waals surface area contributed by atoms with E-state index in [1.807, 2.05) is 18.3 Å². The first-order valence-corrected chi connectivity index (χ1v) is 11.7. The van der Waals surface area contributed by atoms with Crippen LogP contribution in [0.25, 0.3) is 11.3 Å². The van der Waals surface area contributed by atoms with E-state index in [-0.39, 0.29) is 12.0 Å². The van der Waals surface area contributed by atoms with Crippen molar-refractivity contribution < 1.29 is 9.84 Å². The molecule has 2 N–H and O–H groups in total. The Morgan fingerprint density at radius 3 is 2.76 bits per heavy atom. The molecule has 1 aliphatic carbocycles. The topological polar surface area (TPSA) is 83.4 Å². The van der Waals surface area contributed by atoms with E-state index >= 15 is 0 Å². The molecule has 7 nitrogen and oxygen atoms in total. The van der Waals surface area contributed by atoms with Gasteiger partial charge in [0.2, 0.25) is 5.95 Å². The molecule has 1 saturated heterocycles. The van der Waals surface area contributed by atoms with Crippen LogP contribution >= 0.6 is 23.2 Å². The number of aliphatic hydroxyl groups excluding tert-OH is 1. The van der Waals surface area contributed by atoms with Gasteiger partial charge in [-0.1, -0.05) is 30.1 Å². The van der Waals surface area contributed by atoms with Gasteiger partial charge in [-0.2, -0.15) is 0 Å². The highest BCUT2D eigenvalue weighted by Gasteiger charge is 2.35. The summed E-state index contributed by atoms with van der Waals surface area (Å²) in [7, 11) is 0. The molecule has 1 unspecified atom stereocenters. The Morgan fingerprint density at radius 2 is 1.97 bits per heavy atom. The third kappa shape index (κ3) is 4.38. The number of aromatic nitrogens is 3. The Balaban J connectivity index is 1.41. The lowest BCUT2D eigenvalue weighted by atomic mass is 9.85. The number of aryl methyl sites for hydroxylation is 1. The highest BCUT2D eigenvalue weighted by molar-refractivity contribution is 6.37. The number of anilines is 3. The second-order valence-corrected chi connectivity index (χ2v) is 9.52. The van der Waals surface area contributed by atoms with Gasteiger partial charge in [0.15, 0.2) is 0 Å². The normalized spacial score (nSPS) is 20.1. The molecule has 0 radical (unpaired) electrons. The van der Waals surface area contributed by atoms with E-state index in [1.54, 1.807) is 12.3 Å². The number of pyridine rings is 1. The minimum Gasteiger partial charge on any atom is -0.395 e. The van der Waals surface area contributed by atoms with Crippen LogP contribution in [0.2, 0.25) is 10.0 Å². The molecule has 2 aliphatic rings. The fraction of sp³-hybridized carbons (Fsp3) is 0.375. The molecular weight excluding hydrogens is 461 g/mol. The molecule has 3 aromatic rings. The quantitative estimate of drug-likeness (QED) is 0.545. The van der Waals surface area contributed by atoms with E-state index in [2.05, 4.69) is 38.2 Å². The number of nitrogens with zero attached hydrogens (tertiary/aromatic N) is 4. The maximum atomic E-state index is 9.90. The first-order valence-electron chi connectivity index (χ1n) is 11.0. The Labute approximate surface area is 202 Å². The van der Waals surface area contributed by atoms with E-state index in [9.17, 15) is 5.11 Å². The largest absolute Gasteiger partial charge is 0.395 e. The summed E-state index contributed by atoms with van der Waals surface area (Å²) in [6.07, 6.45) is 5.30. The third-order valence-electron chi connectivity index (χ3n) is 6.47. The molecule has 0 saturated carbocycles. The van der Waals surface area contributed by atoms with Crippen LogP contribution in [0.5, 0.6) is 0 Å². The van der Waals surface area contributed by atoms with Gasteiger partial charge in [0, 0.05) is 42.2 Å². The zero-order valence-electron chi connectivity index (χ0n) is 18.3. The number of nitrogens with one attached hydrogen (secondary N) is 1. The average Bonchev–Trinajstić information content (AvgIpc) is 3.18. The van der Waals surface area contributed by atoms with Crippen LogP contribution in [0.3, 0.4) is 0 Å². The van der Waals surface area contributed by atoms with Crippen molar-refractivity contribution in [2.45, 2.75) is 25.2 Å². The SMILES string of the molecule is CC1(CO)CCc2ncc(-c3ccnc(Nc4cc(Cl)c(N5CCOCC5)cc4Cl)n3)cc21. The average molecular weight is 486 g/mol. The summed E-state index contributed by atoms with van der Waals surface area (Å²) in [6, 6.07) is 7.59. The molecular formula is C24H25Cl2N5O2. The van der Waals surface area contributed by atoms with Gasteiger partial charge in [-0.05, 0) is 42.7 Å². The van der Waals surface area contributed by atoms with Crippen LogP contribution in [0.15, 0.2) is 36.7 Å². The third-order valence-corrected chi connectivity index (χ3v) is 7.08. The Morgan fingerprint density at radius 1 is 1.15 bits per heavy atom. The van der Waals surface area contributed by atoms with E-state index in [0.29, 0.717) is 34.9 Å². The number of fused-ring (bicyclic) bond motifs is 1. The molecule has 3 heterocycles. The molecule has 33 heavy (non-hydrogen) atoms. The van der Waals surface area contributed by atoms with Gasteiger partial charge in [0.25, 0.3) is 0 Å². The fourth-order valence-corrected chi connectivity index (χ4v) is 4.92. The monoisotopic (exact) mass is 485 g/mol. The predicted octanol–water partition coefficient (Wildman–Crippen LogP) is 4.62. The second-order valence-electron chi connectivity index (χ2n) is 8.71. The summed E-state index contributed by atoms with van der Waals surface area (Å²) in [5.74, 6) is 0.412. The Bertz CT molecular complexity index is 1190. The lowest BCUT2D eigenvalue weighted by molar-refractivity contribution is 0.122. The molecule has 1 fully saturated rings. The van der Waals surface area contributed by atoms with Crippen molar-refractivity contribution >= 4 is 40.5 Å². The zero-order valence-corrected chi connectivity index (χ0v) is 19.8. The zero-order chi connectivity index (χ0) is 23.0. The van der Waals surface area contributed by atoms with Crippen LogP contribution in [0, 0.1) is 0 Å². The molecule has 0 bridgehead atoms. The lowest BCUT2D eigenvalue weighted by Gasteiger charge is -2.30. The predicted molar refractivity (Wildman–Crippen MR) is 131 cm³/mol. The standard InChI is InChI=1S/C24H25Cl2N5O2/c1-24(14-32)4-2-20-16(24)10-15(13-28-20)19-3-5-27-23(29-19)30-21-11-18(26)22(12-17(21)25)31-6-8-33-9-7-31/h3,5,10-13,32H,2,4,6-9,14H2,1H3,(H,27,29,30). The van der Waals surface area contributed by atoms with E-state index in [0.717, 1.165) is 54.1 Å². The summed E-state index contributed by atoms with van der Waals surface area (Å²) in [6.45, 7) is 5.06. The van der Waals surface area contributed by atoms with Crippen molar-refractivity contribution in [2.24, 2.45) is 0 Å². The van der Waals surface area contributed by atoms with Gasteiger partial charge in [-0.25, -0.2) is 9.97 Å². The minimum atomic E-state index is -0.265. The number of ether oxygens (including phenoxy) is 1. The molecule has 5 rings (SSSR count). The van der Waals surface area contributed by atoms with Gasteiger partial charge in [0.05, 0.1) is 46.9 Å². The molecule has 0 spiro atoms. The van der Waals surface area contributed by atoms with Gasteiger partial charge >= 0.3 is 0 Å². The van der Waals surface area contributed by atoms with Crippen LogP contribution in [-0.2, 0) is 16.6 Å². The minimum absolute atomic E-state index is 0.0986. The van der Waals surface area contributed by atoms with Crippen LogP contribution in [0.1, 0.15) is 24.6 Å². The van der Waals surface area contributed by atoms with Crippen molar-refractivity contribution in [2.75, 3.05) is 43.1 Å². The maximum Gasteiger partial charge on any atom is 0.227 e. The number of benzene rings is 1. The summed E-state index contributed by atoms with van der Waals surface area (Å²) in [5.41, 5.74) is 5.01. The number of morpholine rings is 1. The van der Waals surface area contributed by atoms with E-state index in [1.165, 1.54) is 0 Å². The summed E-state index contributed by atoms with van der Waals surface area (Å²) >= 11 is 13.1. The van der Waals surface area contributed by atoms with E-state index < -0.39 is 0 Å². The number of hydrogen-bond donors (Lipinski definition) is 2. The highest BCUT2D eigenvalue weighted by Crippen LogP contribution is 2.39.